The quantitative estimate of drug-likeness (QED) is 0.382. The second-order valence-electron chi connectivity index (χ2n) is 11.6. The molecule has 35 heavy (non-hydrogen) atoms. The molecule has 4 aliphatic rings. The van der Waals surface area contributed by atoms with Gasteiger partial charge in [-0.25, -0.2) is 17.2 Å². The maximum absolute atomic E-state index is 13.7. The third kappa shape index (κ3) is 5.06. The Morgan fingerprint density at radius 2 is 1.74 bits per heavy atom. The molecular weight excluding hydrogens is 468 g/mol. The molecule has 3 saturated carbocycles. The predicted octanol–water partition coefficient (Wildman–Crippen LogP) is 5.74. The molecule has 1 aromatic carbocycles. The first-order valence-corrected chi connectivity index (χ1v) is 15.4. The van der Waals surface area contributed by atoms with E-state index in [1.54, 1.807) is 0 Å². The third-order valence-corrected chi connectivity index (χ3v) is 11.7. The Labute approximate surface area is 209 Å². The average Bonchev–Trinajstić information content (AvgIpc) is 3.72. The molecule has 0 radical (unpaired) electrons. The van der Waals surface area contributed by atoms with Gasteiger partial charge in [-0.2, -0.15) is 0 Å². The fraction of sp³-hybridized carbons (Fsp3) is 0.786. The average molecular weight is 510 g/mol. The lowest BCUT2D eigenvalue weighted by molar-refractivity contribution is -0.134. The minimum Gasteiger partial charge on any atom is -0.375 e. The van der Waals surface area contributed by atoms with Crippen LogP contribution in [0.4, 0.5) is 8.78 Å². The Morgan fingerprint density at radius 1 is 1.06 bits per heavy atom. The van der Waals surface area contributed by atoms with Crippen molar-refractivity contribution in [1.82, 2.24) is 4.90 Å². The molecule has 0 amide bonds. The first-order valence-electron chi connectivity index (χ1n) is 13.7. The molecule has 1 heterocycles. The number of alkyl halides is 2. The lowest BCUT2D eigenvalue weighted by atomic mass is 9.79. The third-order valence-electron chi connectivity index (χ3n) is 9.51. The summed E-state index contributed by atoms with van der Waals surface area (Å²) < 4.78 is 58.4. The number of fused-ring (bicyclic) bond motifs is 1. The fourth-order valence-corrected chi connectivity index (χ4v) is 9.09. The number of nitrogens with zero attached hydrogens (tertiary/aromatic N) is 1. The summed E-state index contributed by atoms with van der Waals surface area (Å²) in [5, 5.41) is -0.118. The number of halogens is 2. The van der Waals surface area contributed by atoms with Crippen LogP contribution in [0.2, 0.25) is 0 Å². The van der Waals surface area contributed by atoms with Gasteiger partial charge in [-0.3, -0.25) is 0 Å². The molecule has 196 valence electrons. The number of hydrogen-bond donors (Lipinski definition) is 0. The first-order chi connectivity index (χ1) is 16.6. The number of likely N-dealkylation sites (tertiary alicyclic amines) is 1. The van der Waals surface area contributed by atoms with Gasteiger partial charge < -0.3 is 9.64 Å². The minimum atomic E-state index is -3.01. The van der Waals surface area contributed by atoms with Gasteiger partial charge in [0.15, 0.2) is 9.84 Å². The van der Waals surface area contributed by atoms with Crippen LogP contribution in [0.1, 0.15) is 82.8 Å². The Morgan fingerprint density at radius 3 is 2.34 bits per heavy atom. The summed E-state index contributed by atoms with van der Waals surface area (Å²) in [5.74, 6) is -1.12. The molecule has 3 atom stereocenters. The van der Waals surface area contributed by atoms with Gasteiger partial charge in [0.1, 0.15) is 0 Å². The van der Waals surface area contributed by atoms with Crippen LogP contribution in [0.5, 0.6) is 0 Å². The van der Waals surface area contributed by atoms with Crippen LogP contribution in [0.3, 0.4) is 0 Å². The Hall–Kier alpha value is -1.05. The van der Waals surface area contributed by atoms with Crippen molar-refractivity contribution in [3.8, 4) is 0 Å². The highest BCUT2D eigenvalue weighted by molar-refractivity contribution is 7.91. The van der Waals surface area contributed by atoms with Gasteiger partial charge in [-0.1, -0.05) is 31.2 Å². The smallest absolute Gasteiger partial charge is 0.248 e. The lowest BCUT2D eigenvalue weighted by Crippen LogP contribution is -2.41. The monoisotopic (exact) mass is 509 g/mol. The highest BCUT2D eigenvalue weighted by atomic mass is 32.2. The van der Waals surface area contributed by atoms with Gasteiger partial charge in [0.05, 0.1) is 16.6 Å². The minimum absolute atomic E-state index is 0.0547. The molecule has 0 spiro atoms. The molecular formula is C28H41F2NO3S. The van der Waals surface area contributed by atoms with Crippen molar-refractivity contribution >= 4 is 9.84 Å². The van der Waals surface area contributed by atoms with E-state index < -0.39 is 15.8 Å². The molecule has 0 bridgehead atoms. The molecule has 1 aliphatic heterocycles. The van der Waals surface area contributed by atoms with E-state index in [0.717, 1.165) is 57.3 Å². The fourth-order valence-electron chi connectivity index (χ4n) is 7.35. The summed E-state index contributed by atoms with van der Waals surface area (Å²) in [6, 6.07) is 8.37. The first kappa shape index (κ1) is 25.6. The van der Waals surface area contributed by atoms with Crippen LogP contribution < -0.4 is 0 Å². The topological polar surface area (TPSA) is 46.6 Å². The van der Waals surface area contributed by atoms with E-state index in [9.17, 15) is 17.2 Å². The van der Waals surface area contributed by atoms with Crippen molar-refractivity contribution in [3.63, 3.8) is 0 Å². The number of benzene rings is 1. The summed E-state index contributed by atoms with van der Waals surface area (Å²) in [7, 11) is -3.01. The highest BCUT2D eigenvalue weighted by Gasteiger charge is 2.67. The second kappa shape index (κ2) is 9.36. The maximum Gasteiger partial charge on any atom is 0.248 e. The van der Waals surface area contributed by atoms with Crippen LogP contribution in [0, 0.1) is 11.8 Å². The summed E-state index contributed by atoms with van der Waals surface area (Å²) in [4.78, 5) is 2.54. The Balaban J connectivity index is 1.16. The van der Waals surface area contributed by atoms with Gasteiger partial charge in [-0.15, -0.1) is 0 Å². The molecule has 4 nitrogen and oxygen atoms in total. The van der Waals surface area contributed by atoms with Crippen LogP contribution in [0.15, 0.2) is 24.3 Å². The van der Waals surface area contributed by atoms with Gasteiger partial charge in [0, 0.05) is 38.0 Å². The molecule has 1 unspecified atom stereocenters. The summed E-state index contributed by atoms with van der Waals surface area (Å²) in [6.07, 6.45) is 5.38. The molecule has 1 saturated heterocycles. The Kier molecular flexibility index (Phi) is 6.84. The zero-order valence-corrected chi connectivity index (χ0v) is 22.1. The van der Waals surface area contributed by atoms with E-state index in [1.807, 2.05) is 19.1 Å². The van der Waals surface area contributed by atoms with E-state index in [1.165, 1.54) is 5.56 Å². The SMILES string of the molecule is CCOC1(CCCN2C[C@@H]3[C@H](C2)C3(CC)c2cccc(CS(=O)(=O)C3CC3)c2)CCC(F)(F)CC1. The van der Waals surface area contributed by atoms with Gasteiger partial charge in [0.25, 0.3) is 0 Å². The zero-order chi connectivity index (χ0) is 24.9. The summed E-state index contributed by atoms with van der Waals surface area (Å²) >= 11 is 0. The maximum atomic E-state index is 13.7. The van der Waals surface area contributed by atoms with Crippen LogP contribution in [0.25, 0.3) is 0 Å². The molecule has 5 rings (SSSR count). The van der Waals surface area contributed by atoms with Gasteiger partial charge in [0.2, 0.25) is 5.92 Å². The number of sulfone groups is 1. The van der Waals surface area contributed by atoms with Crippen LogP contribution in [-0.4, -0.2) is 56.3 Å². The largest absolute Gasteiger partial charge is 0.375 e. The van der Waals surface area contributed by atoms with Crippen molar-refractivity contribution in [2.45, 2.75) is 99.6 Å². The van der Waals surface area contributed by atoms with Crippen molar-refractivity contribution in [1.29, 1.82) is 0 Å². The van der Waals surface area contributed by atoms with E-state index in [2.05, 4.69) is 24.0 Å². The standard InChI is InChI=1S/C28H41F2NO3S/c1-3-28(22-8-5-7-21(17-22)20-35(32,33)23-9-10-23)24-18-31(19-25(24)28)16-6-11-26(34-4-2)12-14-27(29,30)15-13-26/h5,7-8,17,23-25H,3-4,6,9-16,18-20H2,1-2H3/t24-,25+,28?. The highest BCUT2D eigenvalue weighted by Crippen LogP contribution is 2.65. The van der Waals surface area contributed by atoms with E-state index in [0.29, 0.717) is 31.3 Å². The molecule has 7 heteroatoms. The zero-order valence-electron chi connectivity index (χ0n) is 21.3. The number of ether oxygens (including phenoxy) is 1. The molecule has 1 aromatic rings. The normalized spacial score (nSPS) is 31.9. The summed E-state index contributed by atoms with van der Waals surface area (Å²) in [6.45, 7) is 7.95. The van der Waals surface area contributed by atoms with E-state index >= 15 is 0 Å². The van der Waals surface area contributed by atoms with Crippen molar-refractivity contribution < 1.29 is 21.9 Å². The van der Waals surface area contributed by atoms with Crippen molar-refractivity contribution in [3.05, 3.63) is 35.4 Å². The molecule has 3 aliphatic carbocycles. The molecule has 0 N–H and O–H groups in total. The molecule has 0 aromatic heterocycles. The van der Waals surface area contributed by atoms with Crippen molar-refractivity contribution in [2.75, 3.05) is 26.2 Å². The second-order valence-corrected chi connectivity index (χ2v) is 13.9. The van der Waals surface area contributed by atoms with Crippen molar-refractivity contribution in [2.24, 2.45) is 11.8 Å². The number of rotatable bonds is 11. The number of hydrogen-bond acceptors (Lipinski definition) is 4. The molecule has 4 fully saturated rings. The van der Waals surface area contributed by atoms with Crippen LogP contribution >= 0.6 is 0 Å². The summed E-state index contributed by atoms with van der Waals surface area (Å²) in [5.41, 5.74) is 2.06. The van der Waals surface area contributed by atoms with E-state index in [4.69, 9.17) is 4.74 Å². The predicted molar refractivity (Wildman–Crippen MR) is 134 cm³/mol. The van der Waals surface area contributed by atoms with Gasteiger partial charge >= 0.3 is 0 Å². The lowest BCUT2D eigenvalue weighted by Gasteiger charge is -2.40. The van der Waals surface area contributed by atoms with Gasteiger partial charge in [-0.05, 0) is 81.4 Å². The number of piperidine rings is 1. The Bertz CT molecular complexity index is 1000. The van der Waals surface area contributed by atoms with Crippen LogP contribution in [-0.2, 0) is 25.7 Å². The van der Waals surface area contributed by atoms with E-state index in [-0.39, 0.29) is 34.9 Å².